The highest BCUT2D eigenvalue weighted by atomic mass is 16.5. The monoisotopic (exact) mass is 250 g/mol. The maximum Gasteiger partial charge on any atom is 0.253 e. The zero-order valence-electron chi connectivity index (χ0n) is 11.4. The van der Waals surface area contributed by atoms with Gasteiger partial charge in [0.1, 0.15) is 5.75 Å². The summed E-state index contributed by atoms with van der Waals surface area (Å²) in [6.07, 6.45) is 0.954. The Morgan fingerprint density at radius 2 is 2.00 bits per heavy atom. The zero-order chi connectivity index (χ0) is 13.4. The van der Waals surface area contributed by atoms with Crippen LogP contribution in [0.4, 0.5) is 0 Å². The summed E-state index contributed by atoms with van der Waals surface area (Å²) in [4.78, 5) is 13.8. The molecule has 1 amide bonds. The smallest absolute Gasteiger partial charge is 0.253 e. The summed E-state index contributed by atoms with van der Waals surface area (Å²) in [6, 6.07) is 7.28. The number of nitrogens with one attached hydrogen (secondary N) is 1. The van der Waals surface area contributed by atoms with E-state index in [1.54, 1.807) is 4.90 Å². The van der Waals surface area contributed by atoms with Crippen LogP contribution in [0.1, 0.15) is 23.7 Å². The van der Waals surface area contributed by atoms with Crippen molar-refractivity contribution in [2.75, 3.05) is 33.8 Å². The maximum atomic E-state index is 12.1. The quantitative estimate of drug-likeness (QED) is 0.750. The molecule has 1 N–H and O–H groups in total. The molecule has 100 valence electrons. The van der Waals surface area contributed by atoms with Crippen molar-refractivity contribution in [1.82, 2.24) is 10.2 Å². The Hall–Kier alpha value is -1.55. The molecule has 0 spiro atoms. The lowest BCUT2D eigenvalue weighted by atomic mass is 10.2. The number of benzene rings is 1. The number of nitrogens with zero attached hydrogens (tertiary/aromatic N) is 1. The first-order valence-electron chi connectivity index (χ1n) is 6.32. The van der Waals surface area contributed by atoms with Gasteiger partial charge in [0.25, 0.3) is 5.91 Å². The minimum Gasteiger partial charge on any atom is -0.494 e. The first-order chi connectivity index (χ1) is 8.69. The molecule has 0 aliphatic rings. The highest BCUT2D eigenvalue weighted by Crippen LogP contribution is 2.13. The van der Waals surface area contributed by atoms with Gasteiger partial charge in [0.15, 0.2) is 0 Å². The minimum atomic E-state index is 0.0501. The van der Waals surface area contributed by atoms with E-state index in [4.69, 9.17) is 4.74 Å². The molecule has 0 radical (unpaired) electrons. The predicted molar refractivity (Wildman–Crippen MR) is 73.1 cm³/mol. The predicted octanol–water partition coefficient (Wildman–Crippen LogP) is 1.77. The Kier molecular flexibility index (Phi) is 6.22. The molecule has 0 heterocycles. The van der Waals surface area contributed by atoms with E-state index in [2.05, 4.69) is 5.32 Å². The molecule has 0 aromatic heterocycles. The molecule has 1 aromatic carbocycles. The van der Waals surface area contributed by atoms with Crippen LogP contribution in [-0.2, 0) is 0 Å². The number of hydrogen-bond donors (Lipinski definition) is 1. The van der Waals surface area contributed by atoms with Crippen molar-refractivity contribution in [3.63, 3.8) is 0 Å². The molecule has 1 rings (SSSR count). The van der Waals surface area contributed by atoms with Gasteiger partial charge in [-0.05, 0) is 51.2 Å². The molecule has 0 saturated heterocycles. The molecular weight excluding hydrogens is 228 g/mol. The van der Waals surface area contributed by atoms with E-state index >= 15 is 0 Å². The van der Waals surface area contributed by atoms with Crippen LogP contribution < -0.4 is 10.1 Å². The number of carbonyl (C=O) groups excluding carboxylic acids is 1. The molecule has 0 fully saturated rings. The van der Waals surface area contributed by atoms with Crippen LogP contribution in [0, 0.1) is 0 Å². The van der Waals surface area contributed by atoms with Gasteiger partial charge in [-0.2, -0.15) is 0 Å². The van der Waals surface area contributed by atoms with Crippen molar-refractivity contribution in [2.45, 2.75) is 13.3 Å². The van der Waals surface area contributed by atoms with Crippen LogP contribution in [0.25, 0.3) is 0 Å². The summed E-state index contributed by atoms with van der Waals surface area (Å²) in [5.41, 5.74) is 0.699. The average molecular weight is 250 g/mol. The summed E-state index contributed by atoms with van der Waals surface area (Å²) in [5, 5.41) is 3.07. The standard InChI is InChI=1S/C14H22N2O2/c1-4-18-13-8-6-12(7-9-13)14(17)16(3)11-5-10-15-2/h6-9,15H,4-5,10-11H2,1-3H3. The molecule has 0 aliphatic heterocycles. The van der Waals surface area contributed by atoms with Crippen molar-refractivity contribution >= 4 is 5.91 Å². The van der Waals surface area contributed by atoms with E-state index in [9.17, 15) is 4.79 Å². The second-order valence-corrected chi connectivity index (χ2v) is 4.14. The molecule has 1 aromatic rings. The van der Waals surface area contributed by atoms with E-state index in [-0.39, 0.29) is 5.91 Å². The summed E-state index contributed by atoms with van der Waals surface area (Å²) >= 11 is 0. The topological polar surface area (TPSA) is 41.6 Å². The van der Waals surface area contributed by atoms with E-state index in [0.29, 0.717) is 12.2 Å². The lowest BCUT2D eigenvalue weighted by Crippen LogP contribution is -2.29. The fraction of sp³-hybridized carbons (Fsp3) is 0.500. The van der Waals surface area contributed by atoms with Gasteiger partial charge in [-0.1, -0.05) is 0 Å². The second kappa shape index (κ2) is 7.71. The van der Waals surface area contributed by atoms with Crippen LogP contribution in [0.5, 0.6) is 5.75 Å². The Bertz CT molecular complexity index is 363. The second-order valence-electron chi connectivity index (χ2n) is 4.14. The largest absolute Gasteiger partial charge is 0.494 e. The van der Waals surface area contributed by atoms with Gasteiger partial charge in [0.05, 0.1) is 6.61 Å². The summed E-state index contributed by atoms with van der Waals surface area (Å²) in [7, 11) is 3.74. The molecule has 0 aliphatic carbocycles. The Balaban J connectivity index is 2.54. The van der Waals surface area contributed by atoms with Crippen molar-refractivity contribution in [3.05, 3.63) is 29.8 Å². The highest BCUT2D eigenvalue weighted by Gasteiger charge is 2.10. The first-order valence-corrected chi connectivity index (χ1v) is 6.32. The van der Waals surface area contributed by atoms with Gasteiger partial charge in [-0.3, -0.25) is 4.79 Å². The molecule has 0 unspecified atom stereocenters. The fourth-order valence-corrected chi connectivity index (χ4v) is 1.68. The van der Waals surface area contributed by atoms with Gasteiger partial charge in [-0.15, -0.1) is 0 Å². The number of carbonyl (C=O) groups is 1. The number of hydrogen-bond acceptors (Lipinski definition) is 3. The van der Waals surface area contributed by atoms with Gasteiger partial charge in [-0.25, -0.2) is 0 Å². The van der Waals surface area contributed by atoms with E-state index < -0.39 is 0 Å². The number of rotatable bonds is 7. The normalized spacial score (nSPS) is 10.2. The molecule has 0 saturated carbocycles. The highest BCUT2D eigenvalue weighted by molar-refractivity contribution is 5.94. The van der Waals surface area contributed by atoms with E-state index in [1.807, 2.05) is 45.3 Å². The molecule has 4 nitrogen and oxygen atoms in total. The molecule has 18 heavy (non-hydrogen) atoms. The molecule has 4 heteroatoms. The van der Waals surface area contributed by atoms with Gasteiger partial charge in [0.2, 0.25) is 0 Å². The van der Waals surface area contributed by atoms with Crippen molar-refractivity contribution in [2.24, 2.45) is 0 Å². The Morgan fingerprint density at radius 3 is 2.56 bits per heavy atom. The maximum absolute atomic E-state index is 12.1. The Morgan fingerprint density at radius 1 is 1.33 bits per heavy atom. The third kappa shape index (κ3) is 4.37. The number of amides is 1. The lowest BCUT2D eigenvalue weighted by molar-refractivity contribution is 0.0793. The summed E-state index contributed by atoms with van der Waals surface area (Å²) in [5.74, 6) is 0.848. The summed E-state index contributed by atoms with van der Waals surface area (Å²) < 4.78 is 5.35. The zero-order valence-corrected chi connectivity index (χ0v) is 11.4. The average Bonchev–Trinajstić information content (AvgIpc) is 2.39. The van der Waals surface area contributed by atoms with Crippen LogP contribution in [-0.4, -0.2) is 44.6 Å². The minimum absolute atomic E-state index is 0.0501. The van der Waals surface area contributed by atoms with E-state index in [1.165, 1.54) is 0 Å². The van der Waals surface area contributed by atoms with Crippen molar-refractivity contribution in [1.29, 1.82) is 0 Å². The molecule has 0 atom stereocenters. The third-order valence-electron chi connectivity index (χ3n) is 2.68. The van der Waals surface area contributed by atoms with Crippen LogP contribution >= 0.6 is 0 Å². The summed E-state index contributed by atoms with van der Waals surface area (Å²) in [6.45, 7) is 4.25. The van der Waals surface area contributed by atoms with Crippen LogP contribution in [0.15, 0.2) is 24.3 Å². The fourth-order valence-electron chi connectivity index (χ4n) is 1.68. The van der Waals surface area contributed by atoms with Crippen molar-refractivity contribution in [3.8, 4) is 5.75 Å². The third-order valence-corrected chi connectivity index (χ3v) is 2.68. The lowest BCUT2D eigenvalue weighted by Gasteiger charge is -2.17. The van der Waals surface area contributed by atoms with Crippen LogP contribution in [0.2, 0.25) is 0 Å². The Labute approximate surface area is 109 Å². The molecular formula is C14H22N2O2. The van der Waals surface area contributed by atoms with Gasteiger partial charge in [0, 0.05) is 19.2 Å². The van der Waals surface area contributed by atoms with E-state index in [0.717, 1.165) is 25.3 Å². The van der Waals surface area contributed by atoms with Gasteiger partial charge >= 0.3 is 0 Å². The SMILES string of the molecule is CCOc1ccc(C(=O)N(C)CCCNC)cc1. The van der Waals surface area contributed by atoms with Crippen LogP contribution in [0.3, 0.4) is 0 Å². The van der Waals surface area contributed by atoms with Gasteiger partial charge < -0.3 is 15.0 Å². The number of ether oxygens (including phenoxy) is 1. The first kappa shape index (κ1) is 14.5. The molecule has 0 bridgehead atoms. The van der Waals surface area contributed by atoms with Crippen molar-refractivity contribution < 1.29 is 9.53 Å².